The SMILES string of the molecule is COc1cc(/C=C/C=C2\CN(C)C/C(=C\C=C\c3cc(OC)c(O)c(OC)c3)C2=O)cc(OC)c1O. The van der Waals surface area contributed by atoms with Crippen molar-refractivity contribution in [2.24, 2.45) is 0 Å². The lowest BCUT2D eigenvalue weighted by atomic mass is 9.97. The molecule has 2 N–H and O–H groups in total. The third-order valence-electron chi connectivity index (χ3n) is 5.64. The molecule has 0 unspecified atom stereocenters. The lowest BCUT2D eigenvalue weighted by Crippen LogP contribution is -2.34. The predicted molar refractivity (Wildman–Crippen MR) is 139 cm³/mol. The van der Waals surface area contributed by atoms with Gasteiger partial charge >= 0.3 is 0 Å². The molecule has 3 rings (SSSR count). The van der Waals surface area contributed by atoms with Crippen LogP contribution in [0.15, 0.2) is 59.7 Å². The van der Waals surface area contributed by atoms with Gasteiger partial charge in [-0.3, -0.25) is 9.69 Å². The summed E-state index contributed by atoms with van der Waals surface area (Å²) in [6, 6.07) is 6.74. The van der Waals surface area contributed by atoms with Crippen LogP contribution in [0.25, 0.3) is 12.2 Å². The van der Waals surface area contributed by atoms with Gasteiger partial charge in [0.05, 0.1) is 28.4 Å². The Bertz CT molecular complexity index is 1100. The van der Waals surface area contributed by atoms with Crippen LogP contribution in [0.5, 0.6) is 34.5 Å². The van der Waals surface area contributed by atoms with E-state index in [0.29, 0.717) is 47.2 Å². The molecule has 1 fully saturated rings. The number of hydrogen-bond acceptors (Lipinski definition) is 8. The van der Waals surface area contributed by atoms with E-state index in [1.807, 2.05) is 19.2 Å². The Kier molecular flexibility index (Phi) is 8.81. The van der Waals surface area contributed by atoms with Crippen LogP contribution in [0.1, 0.15) is 11.1 Å². The van der Waals surface area contributed by atoms with Gasteiger partial charge in [0.25, 0.3) is 0 Å². The minimum Gasteiger partial charge on any atom is -0.502 e. The van der Waals surface area contributed by atoms with Crippen molar-refractivity contribution >= 4 is 17.9 Å². The molecule has 0 amide bonds. The number of likely N-dealkylation sites (tertiary alicyclic amines) is 1. The van der Waals surface area contributed by atoms with Crippen molar-refractivity contribution in [1.82, 2.24) is 4.90 Å². The number of ether oxygens (including phenoxy) is 4. The standard InChI is InChI=1S/C28H31NO7/c1-29-16-20(10-6-8-18-12-22(33-2)27(31)23(13-18)34-3)26(30)21(17-29)11-7-9-19-14-24(35-4)28(32)25(15-19)36-5/h6-15,31-32H,16-17H2,1-5H3/b8-6+,9-7+,20-10+,21-11+. The van der Waals surface area contributed by atoms with E-state index in [4.69, 9.17) is 18.9 Å². The number of phenolic OH excluding ortho intramolecular Hbond substituents is 2. The molecule has 0 aliphatic carbocycles. The first-order valence-corrected chi connectivity index (χ1v) is 11.2. The number of benzene rings is 2. The highest BCUT2D eigenvalue weighted by Gasteiger charge is 2.22. The molecular formula is C28H31NO7. The maximum atomic E-state index is 13.1. The van der Waals surface area contributed by atoms with E-state index in [1.165, 1.54) is 28.4 Å². The van der Waals surface area contributed by atoms with Gasteiger partial charge in [-0.25, -0.2) is 0 Å². The van der Waals surface area contributed by atoms with Crippen molar-refractivity contribution in [1.29, 1.82) is 0 Å². The average molecular weight is 494 g/mol. The molecule has 2 aromatic carbocycles. The minimum absolute atomic E-state index is 0.0239. The Morgan fingerprint density at radius 2 is 1.03 bits per heavy atom. The van der Waals surface area contributed by atoms with E-state index in [-0.39, 0.29) is 17.3 Å². The molecule has 2 aromatic rings. The number of carbonyl (C=O) groups is 1. The zero-order valence-electron chi connectivity index (χ0n) is 21.1. The Hall–Kier alpha value is -4.17. The summed E-state index contributed by atoms with van der Waals surface area (Å²) in [4.78, 5) is 15.1. The zero-order valence-corrected chi connectivity index (χ0v) is 21.1. The van der Waals surface area contributed by atoms with Crippen molar-refractivity contribution in [3.05, 3.63) is 70.8 Å². The number of rotatable bonds is 8. The number of Topliss-reactive ketones (excluding diaryl/α,β-unsaturated/α-hetero) is 1. The maximum absolute atomic E-state index is 13.1. The fourth-order valence-corrected chi connectivity index (χ4v) is 3.81. The molecule has 8 nitrogen and oxygen atoms in total. The van der Waals surface area contributed by atoms with Crippen molar-refractivity contribution in [3.63, 3.8) is 0 Å². The fourth-order valence-electron chi connectivity index (χ4n) is 3.81. The second-order valence-corrected chi connectivity index (χ2v) is 8.15. The average Bonchev–Trinajstić information content (AvgIpc) is 2.87. The third kappa shape index (κ3) is 6.09. The molecular weight excluding hydrogens is 462 g/mol. The number of methoxy groups -OCH3 is 4. The first-order valence-electron chi connectivity index (χ1n) is 11.2. The Morgan fingerprint density at radius 3 is 1.33 bits per heavy atom. The van der Waals surface area contributed by atoms with E-state index in [1.54, 1.807) is 48.6 Å². The van der Waals surface area contributed by atoms with E-state index < -0.39 is 0 Å². The summed E-state index contributed by atoms with van der Waals surface area (Å²) in [5, 5.41) is 20.1. The van der Waals surface area contributed by atoms with E-state index in [0.717, 1.165) is 11.1 Å². The maximum Gasteiger partial charge on any atom is 0.200 e. The quantitative estimate of drug-likeness (QED) is 0.528. The van der Waals surface area contributed by atoms with Gasteiger partial charge < -0.3 is 29.2 Å². The van der Waals surface area contributed by atoms with Gasteiger partial charge in [0.2, 0.25) is 11.5 Å². The van der Waals surface area contributed by atoms with Gasteiger partial charge in [-0.2, -0.15) is 0 Å². The van der Waals surface area contributed by atoms with Crippen molar-refractivity contribution in [3.8, 4) is 34.5 Å². The molecule has 0 aromatic heterocycles. The number of aromatic hydroxyl groups is 2. The molecule has 1 saturated heterocycles. The summed E-state index contributed by atoms with van der Waals surface area (Å²) in [5.41, 5.74) is 2.83. The molecule has 36 heavy (non-hydrogen) atoms. The normalized spacial score (nSPS) is 16.9. The summed E-state index contributed by atoms with van der Waals surface area (Å²) in [5.74, 6) is 1.06. The summed E-state index contributed by atoms with van der Waals surface area (Å²) in [6.45, 7) is 1.05. The molecule has 1 aliphatic heterocycles. The van der Waals surface area contributed by atoms with Crippen LogP contribution in [0, 0.1) is 0 Å². The van der Waals surface area contributed by atoms with E-state index in [9.17, 15) is 15.0 Å². The summed E-state index contributed by atoms with van der Waals surface area (Å²) in [6.07, 6.45) is 10.8. The monoisotopic (exact) mass is 493 g/mol. The fraction of sp³-hybridized carbons (Fsp3) is 0.250. The number of phenols is 2. The largest absolute Gasteiger partial charge is 0.502 e. The molecule has 0 radical (unpaired) electrons. The van der Waals surface area contributed by atoms with Crippen LogP contribution in [0.2, 0.25) is 0 Å². The van der Waals surface area contributed by atoms with Gasteiger partial charge in [0.1, 0.15) is 0 Å². The second-order valence-electron chi connectivity index (χ2n) is 8.15. The Morgan fingerprint density at radius 1 is 0.694 bits per heavy atom. The van der Waals surface area contributed by atoms with Gasteiger partial charge in [-0.15, -0.1) is 0 Å². The van der Waals surface area contributed by atoms with Crippen molar-refractivity contribution in [2.45, 2.75) is 0 Å². The van der Waals surface area contributed by atoms with Crippen LogP contribution >= 0.6 is 0 Å². The van der Waals surface area contributed by atoms with E-state index in [2.05, 4.69) is 4.90 Å². The van der Waals surface area contributed by atoms with Crippen LogP contribution in [0.4, 0.5) is 0 Å². The second kappa shape index (κ2) is 12.0. The molecule has 0 bridgehead atoms. The van der Waals surface area contributed by atoms with Crippen LogP contribution in [0.3, 0.4) is 0 Å². The smallest absolute Gasteiger partial charge is 0.200 e. The molecule has 0 saturated carbocycles. The van der Waals surface area contributed by atoms with Gasteiger partial charge in [-0.05, 0) is 42.4 Å². The highest BCUT2D eigenvalue weighted by Crippen LogP contribution is 2.38. The van der Waals surface area contributed by atoms with Crippen LogP contribution < -0.4 is 18.9 Å². The molecule has 0 atom stereocenters. The number of piperidine rings is 1. The third-order valence-corrected chi connectivity index (χ3v) is 5.64. The molecule has 1 aliphatic rings. The predicted octanol–water partition coefficient (Wildman–Crippen LogP) is 4.23. The van der Waals surface area contributed by atoms with Crippen molar-refractivity contribution < 1.29 is 34.0 Å². The minimum atomic E-state index is -0.0633. The topological polar surface area (TPSA) is 97.7 Å². The Balaban J connectivity index is 1.81. The molecule has 1 heterocycles. The first-order chi connectivity index (χ1) is 17.3. The summed E-state index contributed by atoms with van der Waals surface area (Å²) < 4.78 is 20.8. The number of allylic oxidation sites excluding steroid dienone is 4. The van der Waals surface area contributed by atoms with Gasteiger partial charge in [0, 0.05) is 24.2 Å². The van der Waals surface area contributed by atoms with Gasteiger partial charge in [0.15, 0.2) is 28.8 Å². The molecule has 0 spiro atoms. The Labute approximate surface area is 211 Å². The lowest BCUT2D eigenvalue weighted by Gasteiger charge is -2.25. The van der Waals surface area contributed by atoms with Crippen molar-refractivity contribution in [2.75, 3.05) is 48.6 Å². The number of carbonyl (C=O) groups excluding carboxylic acids is 1. The zero-order chi connectivity index (χ0) is 26.2. The first kappa shape index (κ1) is 26.4. The number of ketones is 1. The van der Waals surface area contributed by atoms with Gasteiger partial charge in [-0.1, -0.05) is 36.5 Å². The number of nitrogens with zero attached hydrogens (tertiary/aromatic N) is 1. The summed E-state index contributed by atoms with van der Waals surface area (Å²) >= 11 is 0. The molecule has 190 valence electrons. The highest BCUT2D eigenvalue weighted by molar-refractivity contribution is 6.10. The van der Waals surface area contributed by atoms with E-state index >= 15 is 0 Å². The summed E-state index contributed by atoms with van der Waals surface area (Å²) in [7, 11) is 7.83. The highest BCUT2D eigenvalue weighted by atomic mass is 16.5. The van der Waals surface area contributed by atoms with Crippen LogP contribution in [-0.2, 0) is 4.79 Å². The lowest BCUT2D eigenvalue weighted by molar-refractivity contribution is -0.113. The van der Waals surface area contributed by atoms with Crippen LogP contribution in [-0.4, -0.2) is 69.5 Å². The number of hydrogen-bond donors (Lipinski definition) is 2. The number of likely N-dealkylation sites (N-methyl/N-ethyl adjacent to an activating group) is 1. The molecule has 8 heteroatoms.